The molecule has 1 saturated heterocycles. The van der Waals surface area contributed by atoms with Gasteiger partial charge in [-0.2, -0.15) is 0 Å². The fraction of sp³-hybridized carbons (Fsp3) is 0.474. The molecule has 1 aliphatic heterocycles. The molecule has 0 unspecified atom stereocenters. The predicted molar refractivity (Wildman–Crippen MR) is 98.0 cm³/mol. The van der Waals surface area contributed by atoms with Crippen LogP contribution in [0.4, 0.5) is 0 Å². The molecule has 0 spiro atoms. The molecule has 1 aliphatic rings. The highest BCUT2D eigenvalue weighted by Crippen LogP contribution is 2.21. The molecule has 0 saturated carbocycles. The smallest absolute Gasteiger partial charge is 0.193 e. The molecular formula is C19H27N5. The Labute approximate surface area is 144 Å². The van der Waals surface area contributed by atoms with E-state index in [1.54, 1.807) is 0 Å². The van der Waals surface area contributed by atoms with E-state index in [2.05, 4.69) is 55.1 Å². The molecule has 0 bridgehead atoms. The number of benzene rings is 1. The third-order valence-electron chi connectivity index (χ3n) is 4.71. The van der Waals surface area contributed by atoms with Gasteiger partial charge in [-0.1, -0.05) is 30.3 Å². The van der Waals surface area contributed by atoms with Crippen LogP contribution in [0.1, 0.15) is 18.4 Å². The van der Waals surface area contributed by atoms with E-state index in [-0.39, 0.29) is 0 Å². The SMILES string of the molecule is CN=C(NCCn1ccnc1)N1CCC(Cc2ccccc2)CC1. The van der Waals surface area contributed by atoms with Gasteiger partial charge in [0.2, 0.25) is 0 Å². The van der Waals surface area contributed by atoms with Crippen LogP contribution in [0.15, 0.2) is 54.0 Å². The van der Waals surface area contributed by atoms with Crippen molar-refractivity contribution in [3.8, 4) is 0 Å². The second kappa shape index (κ2) is 8.52. The number of piperidine rings is 1. The first-order chi connectivity index (χ1) is 11.8. The maximum Gasteiger partial charge on any atom is 0.193 e. The van der Waals surface area contributed by atoms with Gasteiger partial charge in [0.15, 0.2) is 5.96 Å². The Morgan fingerprint density at radius 1 is 1.25 bits per heavy atom. The molecule has 0 radical (unpaired) electrons. The molecule has 5 nitrogen and oxygen atoms in total. The average Bonchev–Trinajstić information content (AvgIpc) is 3.14. The van der Waals surface area contributed by atoms with Crippen LogP contribution in [0, 0.1) is 5.92 Å². The molecule has 3 rings (SSSR count). The summed E-state index contributed by atoms with van der Waals surface area (Å²) < 4.78 is 2.08. The molecule has 0 aliphatic carbocycles. The number of nitrogens with zero attached hydrogens (tertiary/aromatic N) is 4. The number of guanidine groups is 1. The molecule has 1 aromatic heterocycles. The van der Waals surface area contributed by atoms with Crippen LogP contribution in [-0.2, 0) is 13.0 Å². The molecule has 1 fully saturated rings. The fourth-order valence-electron chi connectivity index (χ4n) is 3.34. The standard InChI is InChI=1S/C19H27N5/c1-20-19(22-10-14-23-13-9-21-16-23)24-11-7-18(8-12-24)15-17-5-3-2-4-6-17/h2-6,9,13,16,18H,7-8,10-12,14-15H2,1H3,(H,20,22). The van der Waals surface area contributed by atoms with Crippen LogP contribution in [0.3, 0.4) is 0 Å². The fourth-order valence-corrected chi connectivity index (χ4v) is 3.34. The highest BCUT2D eigenvalue weighted by atomic mass is 15.3. The van der Waals surface area contributed by atoms with E-state index in [4.69, 9.17) is 0 Å². The molecule has 0 amide bonds. The van der Waals surface area contributed by atoms with Gasteiger partial charge in [-0.05, 0) is 30.7 Å². The highest BCUT2D eigenvalue weighted by Gasteiger charge is 2.21. The van der Waals surface area contributed by atoms with Gasteiger partial charge in [0.05, 0.1) is 6.33 Å². The molecule has 1 aromatic carbocycles. The minimum absolute atomic E-state index is 0.785. The topological polar surface area (TPSA) is 45.5 Å². The van der Waals surface area contributed by atoms with E-state index in [1.165, 1.54) is 24.8 Å². The molecular weight excluding hydrogens is 298 g/mol. The Hall–Kier alpha value is -2.30. The van der Waals surface area contributed by atoms with Gasteiger partial charge < -0.3 is 14.8 Å². The zero-order valence-corrected chi connectivity index (χ0v) is 14.4. The van der Waals surface area contributed by atoms with E-state index in [9.17, 15) is 0 Å². The molecule has 2 aromatic rings. The van der Waals surface area contributed by atoms with Crippen LogP contribution in [0.5, 0.6) is 0 Å². The Bertz CT molecular complexity index is 612. The summed E-state index contributed by atoms with van der Waals surface area (Å²) in [5.74, 6) is 1.81. The minimum atomic E-state index is 0.785. The summed E-state index contributed by atoms with van der Waals surface area (Å²) in [7, 11) is 1.87. The highest BCUT2D eigenvalue weighted by molar-refractivity contribution is 5.79. The lowest BCUT2D eigenvalue weighted by molar-refractivity contribution is 0.259. The van der Waals surface area contributed by atoms with Crippen LogP contribution < -0.4 is 5.32 Å². The summed E-state index contributed by atoms with van der Waals surface area (Å²) >= 11 is 0. The zero-order valence-electron chi connectivity index (χ0n) is 14.4. The number of hydrogen-bond donors (Lipinski definition) is 1. The summed E-state index contributed by atoms with van der Waals surface area (Å²) in [6, 6.07) is 10.8. The van der Waals surface area contributed by atoms with Crippen molar-refractivity contribution in [3.05, 3.63) is 54.6 Å². The van der Waals surface area contributed by atoms with Gasteiger partial charge in [-0.3, -0.25) is 4.99 Å². The molecule has 5 heteroatoms. The van der Waals surface area contributed by atoms with Crippen molar-refractivity contribution in [2.24, 2.45) is 10.9 Å². The summed E-state index contributed by atoms with van der Waals surface area (Å²) in [5.41, 5.74) is 1.46. The molecule has 24 heavy (non-hydrogen) atoms. The number of hydrogen-bond acceptors (Lipinski definition) is 2. The second-order valence-corrected chi connectivity index (χ2v) is 6.39. The third-order valence-corrected chi connectivity index (χ3v) is 4.71. The summed E-state index contributed by atoms with van der Waals surface area (Å²) in [4.78, 5) is 10.9. The first kappa shape index (κ1) is 16.6. The number of aromatic nitrogens is 2. The van der Waals surface area contributed by atoms with Crippen LogP contribution >= 0.6 is 0 Å². The Morgan fingerprint density at radius 3 is 2.71 bits per heavy atom. The second-order valence-electron chi connectivity index (χ2n) is 6.39. The van der Waals surface area contributed by atoms with Gasteiger partial charge >= 0.3 is 0 Å². The van der Waals surface area contributed by atoms with E-state index in [1.807, 2.05) is 25.8 Å². The van der Waals surface area contributed by atoms with Crippen molar-refractivity contribution >= 4 is 5.96 Å². The Balaban J connectivity index is 1.42. The number of rotatable bonds is 5. The third kappa shape index (κ3) is 4.60. The van der Waals surface area contributed by atoms with Crippen molar-refractivity contribution in [3.63, 3.8) is 0 Å². The lowest BCUT2D eigenvalue weighted by Crippen LogP contribution is -2.46. The maximum atomic E-state index is 4.45. The van der Waals surface area contributed by atoms with Crippen LogP contribution in [0.25, 0.3) is 0 Å². The van der Waals surface area contributed by atoms with E-state index in [0.717, 1.165) is 38.1 Å². The molecule has 1 N–H and O–H groups in total. The van der Waals surface area contributed by atoms with Crippen molar-refractivity contribution in [1.29, 1.82) is 0 Å². The lowest BCUT2D eigenvalue weighted by Gasteiger charge is -2.34. The normalized spacial score (nSPS) is 16.4. The van der Waals surface area contributed by atoms with Gasteiger partial charge in [-0.15, -0.1) is 0 Å². The first-order valence-electron chi connectivity index (χ1n) is 8.80. The molecule has 128 valence electrons. The maximum absolute atomic E-state index is 4.45. The van der Waals surface area contributed by atoms with E-state index < -0.39 is 0 Å². The molecule has 0 atom stereocenters. The van der Waals surface area contributed by atoms with Gasteiger partial charge in [0.1, 0.15) is 0 Å². The van der Waals surface area contributed by atoms with Gasteiger partial charge in [0, 0.05) is 45.6 Å². The largest absolute Gasteiger partial charge is 0.354 e. The Morgan fingerprint density at radius 2 is 2.04 bits per heavy atom. The molecule has 2 heterocycles. The number of likely N-dealkylation sites (tertiary alicyclic amines) is 1. The van der Waals surface area contributed by atoms with E-state index >= 15 is 0 Å². The predicted octanol–water partition coefficient (Wildman–Crippen LogP) is 2.41. The van der Waals surface area contributed by atoms with Crippen molar-refractivity contribution in [1.82, 2.24) is 19.8 Å². The minimum Gasteiger partial charge on any atom is -0.354 e. The number of aliphatic imine (C=N–C) groups is 1. The summed E-state index contributed by atoms with van der Waals surface area (Å²) in [5, 5.41) is 3.47. The average molecular weight is 325 g/mol. The first-order valence-corrected chi connectivity index (χ1v) is 8.80. The van der Waals surface area contributed by atoms with Crippen molar-refractivity contribution < 1.29 is 0 Å². The van der Waals surface area contributed by atoms with E-state index in [0.29, 0.717) is 0 Å². The van der Waals surface area contributed by atoms with Crippen molar-refractivity contribution in [2.45, 2.75) is 25.8 Å². The zero-order chi connectivity index (χ0) is 16.6. The Kier molecular flexibility index (Phi) is 5.88. The monoisotopic (exact) mass is 325 g/mol. The van der Waals surface area contributed by atoms with Crippen LogP contribution in [-0.4, -0.2) is 47.1 Å². The van der Waals surface area contributed by atoms with Crippen LogP contribution in [0.2, 0.25) is 0 Å². The number of imidazole rings is 1. The van der Waals surface area contributed by atoms with Gasteiger partial charge in [0.25, 0.3) is 0 Å². The summed E-state index contributed by atoms with van der Waals surface area (Å²) in [6.45, 7) is 3.95. The quantitative estimate of drug-likeness (QED) is 0.678. The number of nitrogens with one attached hydrogen (secondary N) is 1. The van der Waals surface area contributed by atoms with Crippen molar-refractivity contribution in [2.75, 3.05) is 26.7 Å². The van der Waals surface area contributed by atoms with Gasteiger partial charge in [-0.25, -0.2) is 4.98 Å². The lowest BCUT2D eigenvalue weighted by atomic mass is 9.90. The summed E-state index contributed by atoms with van der Waals surface area (Å²) in [6.07, 6.45) is 9.31.